The van der Waals surface area contributed by atoms with Gasteiger partial charge in [0.25, 0.3) is 0 Å². The molecule has 2 unspecified atom stereocenters. The molecule has 0 heterocycles. The number of esters is 1. The van der Waals surface area contributed by atoms with Gasteiger partial charge in [-0.1, -0.05) is 449 Å². The average molecular weight is 1310 g/mol. The van der Waals surface area contributed by atoms with Crippen LogP contribution in [-0.4, -0.2) is 47.4 Å². The molecule has 0 aromatic heterocycles. The lowest BCUT2D eigenvalue weighted by molar-refractivity contribution is -0.143. The average Bonchev–Trinajstić information content (AvgIpc) is 3.72. The fourth-order valence-electron chi connectivity index (χ4n) is 14.0. The van der Waals surface area contributed by atoms with Crippen LogP contribution in [0.1, 0.15) is 495 Å². The number of carbonyl (C=O) groups is 2. The van der Waals surface area contributed by atoms with E-state index in [2.05, 4.69) is 43.5 Å². The number of carbonyl (C=O) groups excluding carboxylic acids is 2. The molecule has 0 rings (SSSR count). The molecule has 6 heteroatoms. The first-order valence-electron chi connectivity index (χ1n) is 43.1. The van der Waals surface area contributed by atoms with Gasteiger partial charge >= 0.3 is 5.97 Å². The number of hydrogen-bond donors (Lipinski definition) is 3. The van der Waals surface area contributed by atoms with Crippen molar-refractivity contribution in [3.8, 4) is 0 Å². The summed E-state index contributed by atoms with van der Waals surface area (Å²) < 4.78 is 5.51. The first-order valence-corrected chi connectivity index (χ1v) is 43.1. The molecule has 0 aliphatic carbocycles. The van der Waals surface area contributed by atoms with E-state index in [1.165, 1.54) is 417 Å². The standard InChI is InChI=1S/C87H169NO5/c1-3-5-7-9-11-13-15-17-19-21-22-23-39-42-45-48-51-55-59-63-67-71-75-79-85(90)84(83-89)88-86(91)80-76-72-68-64-60-56-52-49-46-43-40-37-35-33-31-29-27-25-24-26-28-30-32-34-36-38-41-44-47-50-54-58-62-66-70-74-78-82-93-87(92)81-77-73-69-65-61-57-53-20-18-16-14-12-10-8-6-4-2/h24,26,30,32,84-85,89-90H,3-23,25,27-29,31,33-83H2,1-2H3,(H,88,91)/b26-24-,32-30-. The maximum Gasteiger partial charge on any atom is 0.305 e. The van der Waals surface area contributed by atoms with Crippen LogP contribution in [-0.2, 0) is 14.3 Å². The summed E-state index contributed by atoms with van der Waals surface area (Å²) in [6.45, 7) is 5.02. The van der Waals surface area contributed by atoms with Gasteiger partial charge in [-0.2, -0.15) is 0 Å². The van der Waals surface area contributed by atoms with Gasteiger partial charge in [-0.3, -0.25) is 9.59 Å². The maximum absolute atomic E-state index is 12.6. The molecule has 0 aromatic carbocycles. The third-order valence-electron chi connectivity index (χ3n) is 20.5. The first-order chi connectivity index (χ1) is 46.0. The fourth-order valence-corrected chi connectivity index (χ4v) is 14.0. The number of aliphatic hydroxyl groups is 2. The number of allylic oxidation sites excluding steroid dienone is 4. The van der Waals surface area contributed by atoms with Gasteiger partial charge in [0.05, 0.1) is 25.4 Å². The molecule has 0 aliphatic rings. The molecule has 0 radical (unpaired) electrons. The molecule has 3 N–H and O–H groups in total. The van der Waals surface area contributed by atoms with E-state index in [9.17, 15) is 19.8 Å². The van der Waals surface area contributed by atoms with Gasteiger partial charge in [0.1, 0.15) is 0 Å². The fraction of sp³-hybridized carbons (Fsp3) is 0.931. The van der Waals surface area contributed by atoms with E-state index < -0.39 is 12.1 Å². The van der Waals surface area contributed by atoms with Crippen LogP contribution in [0.15, 0.2) is 24.3 Å². The minimum absolute atomic E-state index is 0.0235. The van der Waals surface area contributed by atoms with Gasteiger partial charge in [0.15, 0.2) is 0 Å². The van der Waals surface area contributed by atoms with E-state index in [4.69, 9.17) is 4.74 Å². The number of unbranched alkanes of at least 4 members (excludes halogenated alkanes) is 67. The van der Waals surface area contributed by atoms with E-state index in [-0.39, 0.29) is 18.5 Å². The van der Waals surface area contributed by atoms with Gasteiger partial charge < -0.3 is 20.3 Å². The molecule has 93 heavy (non-hydrogen) atoms. The Bertz CT molecular complexity index is 1460. The molecule has 0 aliphatic heterocycles. The molecule has 1 amide bonds. The van der Waals surface area contributed by atoms with Crippen molar-refractivity contribution in [2.45, 2.75) is 508 Å². The number of rotatable bonds is 82. The van der Waals surface area contributed by atoms with E-state index in [0.717, 1.165) is 44.9 Å². The molecule has 0 aromatic rings. The summed E-state index contributed by atoms with van der Waals surface area (Å²) in [5.74, 6) is -0.00269. The Morgan fingerprint density at radius 3 is 0.817 bits per heavy atom. The number of amides is 1. The second kappa shape index (κ2) is 82.8. The summed E-state index contributed by atoms with van der Waals surface area (Å²) in [6.07, 6.45) is 107. The van der Waals surface area contributed by atoms with Crippen molar-refractivity contribution in [3.05, 3.63) is 24.3 Å². The predicted molar refractivity (Wildman–Crippen MR) is 412 cm³/mol. The van der Waals surface area contributed by atoms with Crippen LogP contribution in [0.5, 0.6) is 0 Å². The number of ether oxygens (including phenoxy) is 1. The Kier molecular flexibility index (Phi) is 81.3. The first kappa shape index (κ1) is 91.3. The molecule has 0 saturated heterocycles. The van der Waals surface area contributed by atoms with Gasteiger partial charge in [-0.05, 0) is 57.8 Å². The summed E-state index contributed by atoms with van der Waals surface area (Å²) in [4.78, 5) is 24.7. The largest absolute Gasteiger partial charge is 0.466 e. The predicted octanol–water partition coefficient (Wildman–Crippen LogP) is 28.8. The Balaban J connectivity index is 3.35. The number of nitrogens with one attached hydrogen (secondary N) is 1. The second-order valence-corrected chi connectivity index (χ2v) is 29.9. The van der Waals surface area contributed by atoms with Crippen molar-refractivity contribution in [3.63, 3.8) is 0 Å². The topological polar surface area (TPSA) is 95.9 Å². The lowest BCUT2D eigenvalue weighted by atomic mass is 10.0. The smallest absolute Gasteiger partial charge is 0.305 e. The van der Waals surface area contributed by atoms with Gasteiger partial charge in [0, 0.05) is 12.8 Å². The van der Waals surface area contributed by atoms with Crippen LogP contribution < -0.4 is 5.32 Å². The molecular weight excluding hydrogens is 1140 g/mol. The Morgan fingerprint density at radius 2 is 0.538 bits per heavy atom. The molecule has 2 atom stereocenters. The van der Waals surface area contributed by atoms with Gasteiger partial charge in [-0.25, -0.2) is 0 Å². The zero-order chi connectivity index (χ0) is 67.0. The zero-order valence-corrected chi connectivity index (χ0v) is 63.5. The summed E-state index contributed by atoms with van der Waals surface area (Å²) in [5, 5.41) is 23.5. The summed E-state index contributed by atoms with van der Waals surface area (Å²) in [7, 11) is 0. The molecule has 0 fully saturated rings. The van der Waals surface area contributed by atoms with E-state index in [1.807, 2.05) is 0 Å². The molecule has 6 nitrogen and oxygen atoms in total. The van der Waals surface area contributed by atoms with Crippen molar-refractivity contribution < 1.29 is 24.5 Å². The maximum atomic E-state index is 12.6. The number of hydrogen-bond acceptors (Lipinski definition) is 5. The van der Waals surface area contributed by atoms with Crippen LogP contribution in [0, 0.1) is 0 Å². The molecule has 0 saturated carbocycles. The Hall–Kier alpha value is -1.66. The lowest BCUT2D eigenvalue weighted by Gasteiger charge is -2.22. The van der Waals surface area contributed by atoms with Crippen molar-refractivity contribution in [1.29, 1.82) is 0 Å². The Labute approximate surface area is 583 Å². The SMILES string of the molecule is CCCCCCCCCCCCCCCCCCCCCCCCCC(O)C(CO)NC(=O)CCCCCCCCCCCCCCCCCCC/C=C\C/C=C\CCCCCCCCCCCCCCCOC(=O)CCCCCCCCCCCCCCCCCC. The van der Waals surface area contributed by atoms with Crippen LogP contribution in [0.3, 0.4) is 0 Å². The van der Waals surface area contributed by atoms with E-state index in [1.54, 1.807) is 0 Å². The zero-order valence-electron chi connectivity index (χ0n) is 63.5. The highest BCUT2D eigenvalue weighted by Crippen LogP contribution is 2.21. The lowest BCUT2D eigenvalue weighted by Crippen LogP contribution is -2.45. The third-order valence-corrected chi connectivity index (χ3v) is 20.5. The van der Waals surface area contributed by atoms with E-state index in [0.29, 0.717) is 25.9 Å². The van der Waals surface area contributed by atoms with Crippen molar-refractivity contribution in [1.82, 2.24) is 5.32 Å². The van der Waals surface area contributed by atoms with E-state index >= 15 is 0 Å². The van der Waals surface area contributed by atoms with Crippen LogP contribution >= 0.6 is 0 Å². The molecule has 0 spiro atoms. The van der Waals surface area contributed by atoms with Gasteiger partial charge in [0.2, 0.25) is 5.91 Å². The molecule has 0 bridgehead atoms. The minimum atomic E-state index is -0.664. The highest BCUT2D eigenvalue weighted by molar-refractivity contribution is 5.76. The second-order valence-electron chi connectivity index (χ2n) is 29.9. The third kappa shape index (κ3) is 79.2. The van der Waals surface area contributed by atoms with Crippen LogP contribution in [0.25, 0.3) is 0 Å². The van der Waals surface area contributed by atoms with Gasteiger partial charge in [-0.15, -0.1) is 0 Å². The Morgan fingerprint density at radius 1 is 0.301 bits per heavy atom. The monoisotopic (exact) mass is 1310 g/mol. The molecular formula is C87H169NO5. The normalized spacial score (nSPS) is 12.5. The summed E-state index contributed by atoms with van der Waals surface area (Å²) in [5.41, 5.74) is 0. The quantitative estimate of drug-likeness (QED) is 0.0320. The number of aliphatic hydroxyl groups excluding tert-OH is 2. The van der Waals surface area contributed by atoms with Crippen molar-refractivity contribution in [2.75, 3.05) is 13.2 Å². The minimum Gasteiger partial charge on any atom is -0.466 e. The van der Waals surface area contributed by atoms with Crippen molar-refractivity contribution in [2.24, 2.45) is 0 Å². The van der Waals surface area contributed by atoms with Crippen LogP contribution in [0.4, 0.5) is 0 Å². The highest BCUT2D eigenvalue weighted by Gasteiger charge is 2.20. The summed E-state index contributed by atoms with van der Waals surface area (Å²) in [6, 6.07) is -0.541. The summed E-state index contributed by atoms with van der Waals surface area (Å²) >= 11 is 0. The highest BCUT2D eigenvalue weighted by atomic mass is 16.5. The molecule has 552 valence electrons. The van der Waals surface area contributed by atoms with Crippen molar-refractivity contribution >= 4 is 11.9 Å². The van der Waals surface area contributed by atoms with Crippen LogP contribution in [0.2, 0.25) is 0 Å².